The Hall–Kier alpha value is -3.20. The summed E-state index contributed by atoms with van der Waals surface area (Å²) in [5.41, 5.74) is 14.7. The molecular formula is C23H24N4O3S. The van der Waals surface area contributed by atoms with Crippen molar-refractivity contribution in [2.45, 2.75) is 18.6 Å². The van der Waals surface area contributed by atoms with Crippen LogP contribution in [0.15, 0.2) is 60.0 Å². The van der Waals surface area contributed by atoms with Gasteiger partial charge in [0.1, 0.15) is 0 Å². The average Bonchev–Trinajstić information content (AvgIpc) is 3.46. The first-order valence-corrected chi connectivity index (χ1v) is 10.9. The number of aliphatic hydroxyl groups excluding tert-OH is 1. The highest BCUT2D eigenvalue weighted by Crippen LogP contribution is 2.30. The molecule has 2 unspecified atom stereocenters. The zero-order chi connectivity index (χ0) is 22.0. The number of carbonyl (C=O) groups is 2. The first-order chi connectivity index (χ1) is 14.9. The number of amides is 2. The van der Waals surface area contributed by atoms with Crippen LogP contribution in [-0.2, 0) is 4.79 Å². The largest absolute Gasteiger partial charge is 0.397 e. The lowest BCUT2D eigenvalue weighted by Gasteiger charge is -2.20. The fraction of sp³-hybridized carbons (Fsp3) is 0.217. The fourth-order valence-corrected chi connectivity index (χ4v) is 4.30. The second-order valence-corrected chi connectivity index (χ2v) is 8.54. The normalized spacial score (nSPS) is 16.8. The topological polar surface area (TPSA) is 122 Å². The van der Waals surface area contributed by atoms with Crippen LogP contribution in [0.3, 0.4) is 0 Å². The molecule has 1 fully saturated rings. The first kappa shape index (κ1) is 21.0. The van der Waals surface area contributed by atoms with Gasteiger partial charge in [-0.3, -0.25) is 9.59 Å². The van der Waals surface area contributed by atoms with Crippen molar-refractivity contribution < 1.29 is 14.7 Å². The van der Waals surface area contributed by atoms with Crippen LogP contribution < -0.4 is 16.8 Å². The summed E-state index contributed by atoms with van der Waals surface area (Å²) in [6, 6.07) is 15.8. The van der Waals surface area contributed by atoms with E-state index in [4.69, 9.17) is 11.5 Å². The summed E-state index contributed by atoms with van der Waals surface area (Å²) in [4.78, 5) is 27.8. The van der Waals surface area contributed by atoms with E-state index in [0.717, 1.165) is 16.9 Å². The van der Waals surface area contributed by atoms with E-state index >= 15 is 0 Å². The number of hydrogen-bond donors (Lipinski definition) is 4. The Labute approximate surface area is 184 Å². The maximum Gasteiger partial charge on any atom is 0.256 e. The summed E-state index contributed by atoms with van der Waals surface area (Å²) in [5, 5.41) is 15.2. The molecule has 160 valence electrons. The zero-order valence-electron chi connectivity index (χ0n) is 16.8. The number of nitrogen functional groups attached to an aromatic ring is 1. The number of nitrogens with one attached hydrogen (secondary N) is 1. The zero-order valence-corrected chi connectivity index (χ0v) is 17.6. The molecular weight excluding hydrogens is 412 g/mol. The van der Waals surface area contributed by atoms with Gasteiger partial charge >= 0.3 is 0 Å². The number of likely N-dealkylation sites (tertiary alicyclic amines) is 1. The number of nitrogens with zero attached hydrogens (tertiary/aromatic N) is 1. The quantitative estimate of drug-likeness (QED) is 0.458. The summed E-state index contributed by atoms with van der Waals surface area (Å²) in [6.45, 7) is 0.992. The van der Waals surface area contributed by atoms with Crippen molar-refractivity contribution in [3.63, 3.8) is 0 Å². The van der Waals surface area contributed by atoms with Crippen LogP contribution in [-0.4, -0.2) is 41.0 Å². The van der Waals surface area contributed by atoms with Gasteiger partial charge in [-0.05, 0) is 53.3 Å². The van der Waals surface area contributed by atoms with Crippen molar-refractivity contribution in [3.8, 4) is 10.4 Å². The van der Waals surface area contributed by atoms with Gasteiger partial charge in [-0.1, -0.05) is 24.3 Å². The molecule has 0 bridgehead atoms. The van der Waals surface area contributed by atoms with Crippen molar-refractivity contribution in [3.05, 3.63) is 71.1 Å². The minimum Gasteiger partial charge on any atom is -0.397 e. The molecule has 3 aromatic rings. The molecule has 1 aromatic heterocycles. The first-order valence-electron chi connectivity index (χ1n) is 9.99. The molecule has 2 atom stereocenters. The average molecular weight is 437 g/mol. The maximum atomic E-state index is 12.7. The molecule has 1 aliphatic rings. The van der Waals surface area contributed by atoms with Gasteiger partial charge in [0, 0.05) is 29.6 Å². The summed E-state index contributed by atoms with van der Waals surface area (Å²) in [5.74, 6) is -0.698. The smallest absolute Gasteiger partial charge is 0.256 e. The van der Waals surface area contributed by atoms with Gasteiger partial charge in [0.15, 0.2) is 6.10 Å². The molecule has 1 aliphatic heterocycles. The Bertz CT molecular complexity index is 1080. The van der Waals surface area contributed by atoms with Crippen LogP contribution >= 0.6 is 11.3 Å². The van der Waals surface area contributed by atoms with Crippen LogP contribution in [0.1, 0.15) is 28.4 Å². The van der Waals surface area contributed by atoms with E-state index in [2.05, 4.69) is 5.32 Å². The summed E-state index contributed by atoms with van der Waals surface area (Å²) < 4.78 is 0. The minimum atomic E-state index is -1.28. The van der Waals surface area contributed by atoms with E-state index in [1.807, 2.05) is 29.6 Å². The third-order valence-corrected chi connectivity index (χ3v) is 6.29. The van der Waals surface area contributed by atoms with Crippen LogP contribution in [0, 0.1) is 0 Å². The predicted octanol–water partition coefficient (Wildman–Crippen LogP) is 2.84. The molecule has 0 saturated carbocycles. The molecule has 1 saturated heterocycles. The molecule has 0 spiro atoms. The molecule has 31 heavy (non-hydrogen) atoms. The number of hydrogen-bond acceptors (Lipinski definition) is 6. The highest BCUT2D eigenvalue weighted by molar-refractivity contribution is 7.13. The standard InChI is InChI=1S/C23H24N4O3S/c24-17-9-10-27(13-17)23(30)21(28)14-3-5-15(6-4-14)22(29)26-19-12-16(7-8-18(19)25)20-2-1-11-31-20/h1-8,11-12,17,21,28H,9-10,13,24-25H2,(H,26,29). The second kappa shape index (κ2) is 8.89. The molecule has 2 heterocycles. The Balaban J connectivity index is 1.45. The maximum absolute atomic E-state index is 12.7. The van der Waals surface area contributed by atoms with Crippen molar-refractivity contribution >= 4 is 34.5 Å². The number of rotatable bonds is 5. The van der Waals surface area contributed by atoms with Gasteiger partial charge in [0.05, 0.1) is 11.4 Å². The number of thiophene rings is 1. The number of aliphatic hydroxyl groups is 1. The van der Waals surface area contributed by atoms with Crippen LogP contribution in [0.5, 0.6) is 0 Å². The SMILES string of the molecule is Nc1ccc(-c2cccs2)cc1NC(=O)c1ccc(C(O)C(=O)N2CCC(N)C2)cc1. The van der Waals surface area contributed by atoms with E-state index in [0.29, 0.717) is 35.6 Å². The highest BCUT2D eigenvalue weighted by Gasteiger charge is 2.29. The Morgan fingerprint density at radius 1 is 1.16 bits per heavy atom. The van der Waals surface area contributed by atoms with Gasteiger partial charge < -0.3 is 26.8 Å². The highest BCUT2D eigenvalue weighted by atomic mass is 32.1. The molecule has 7 nitrogen and oxygen atoms in total. The van der Waals surface area contributed by atoms with Gasteiger partial charge in [-0.2, -0.15) is 0 Å². The van der Waals surface area contributed by atoms with Crippen molar-refractivity contribution in [1.29, 1.82) is 0 Å². The fourth-order valence-electron chi connectivity index (χ4n) is 3.57. The molecule has 8 heteroatoms. The molecule has 4 rings (SSSR count). The van der Waals surface area contributed by atoms with Crippen molar-refractivity contribution in [1.82, 2.24) is 4.90 Å². The van der Waals surface area contributed by atoms with Crippen molar-refractivity contribution in [2.24, 2.45) is 5.73 Å². The van der Waals surface area contributed by atoms with E-state index in [1.165, 1.54) is 0 Å². The molecule has 2 aromatic carbocycles. The monoisotopic (exact) mass is 436 g/mol. The molecule has 0 radical (unpaired) electrons. The number of benzene rings is 2. The van der Waals surface area contributed by atoms with E-state index in [9.17, 15) is 14.7 Å². The third kappa shape index (κ3) is 4.61. The van der Waals surface area contributed by atoms with E-state index in [-0.39, 0.29) is 17.9 Å². The van der Waals surface area contributed by atoms with Crippen LogP contribution in [0.4, 0.5) is 11.4 Å². The number of anilines is 2. The number of nitrogens with two attached hydrogens (primary N) is 2. The molecule has 2 amide bonds. The van der Waals surface area contributed by atoms with Gasteiger partial charge in [-0.15, -0.1) is 11.3 Å². The van der Waals surface area contributed by atoms with Crippen LogP contribution in [0.25, 0.3) is 10.4 Å². The summed E-state index contributed by atoms with van der Waals surface area (Å²) in [7, 11) is 0. The number of carbonyl (C=O) groups excluding carboxylic acids is 2. The summed E-state index contributed by atoms with van der Waals surface area (Å²) >= 11 is 1.61. The Morgan fingerprint density at radius 3 is 2.58 bits per heavy atom. The minimum absolute atomic E-state index is 0.0482. The third-order valence-electron chi connectivity index (χ3n) is 5.37. The molecule has 6 N–H and O–H groups in total. The predicted molar refractivity (Wildman–Crippen MR) is 123 cm³/mol. The van der Waals surface area contributed by atoms with Gasteiger partial charge in [-0.25, -0.2) is 0 Å². The van der Waals surface area contributed by atoms with E-state index < -0.39 is 6.10 Å². The Kier molecular flexibility index (Phi) is 6.03. The second-order valence-electron chi connectivity index (χ2n) is 7.59. The Morgan fingerprint density at radius 2 is 1.94 bits per heavy atom. The van der Waals surface area contributed by atoms with Gasteiger partial charge in [0.25, 0.3) is 11.8 Å². The molecule has 0 aliphatic carbocycles. The lowest BCUT2D eigenvalue weighted by molar-refractivity contribution is -0.139. The van der Waals surface area contributed by atoms with E-state index in [1.54, 1.807) is 46.6 Å². The van der Waals surface area contributed by atoms with Crippen LogP contribution in [0.2, 0.25) is 0 Å². The van der Waals surface area contributed by atoms with Crippen molar-refractivity contribution in [2.75, 3.05) is 24.1 Å². The lowest BCUT2D eigenvalue weighted by Crippen LogP contribution is -2.35. The lowest BCUT2D eigenvalue weighted by atomic mass is 10.1. The summed E-state index contributed by atoms with van der Waals surface area (Å²) in [6.07, 6.45) is -0.547. The van der Waals surface area contributed by atoms with Gasteiger partial charge in [0.2, 0.25) is 0 Å².